The highest BCUT2D eigenvalue weighted by Crippen LogP contribution is 2.25. The first kappa shape index (κ1) is 14.5. The summed E-state index contributed by atoms with van der Waals surface area (Å²) in [5.74, 6) is 0.532. The molecule has 1 N–H and O–H groups in total. The highest BCUT2D eigenvalue weighted by atomic mass is 79.9. The van der Waals surface area contributed by atoms with Crippen molar-refractivity contribution >= 4 is 21.8 Å². The molecule has 1 unspecified atom stereocenters. The van der Waals surface area contributed by atoms with Gasteiger partial charge in [-0.2, -0.15) is 0 Å². The second-order valence-corrected chi connectivity index (χ2v) is 6.00. The first-order valence-corrected chi connectivity index (χ1v) is 7.58. The van der Waals surface area contributed by atoms with E-state index in [4.69, 9.17) is 5.11 Å². The molecule has 1 fully saturated rings. The molecule has 2 rings (SSSR count). The summed E-state index contributed by atoms with van der Waals surface area (Å²) < 4.78 is 0.893. The fourth-order valence-corrected chi connectivity index (χ4v) is 3.08. The fraction of sp³-hybridized carbons (Fsp3) is 0.533. The van der Waals surface area contributed by atoms with E-state index in [1.807, 2.05) is 30.0 Å². The fourth-order valence-electron chi connectivity index (χ4n) is 2.65. The SMILES string of the molecule is Cc1cccc(C(=O)N2CCCC(CCO)C2)c1Br. The van der Waals surface area contributed by atoms with Crippen molar-refractivity contribution < 1.29 is 9.90 Å². The quantitative estimate of drug-likeness (QED) is 0.928. The van der Waals surface area contributed by atoms with Gasteiger partial charge in [0, 0.05) is 24.2 Å². The number of likely N-dealkylation sites (tertiary alicyclic amines) is 1. The summed E-state index contributed by atoms with van der Waals surface area (Å²) in [5, 5.41) is 9.03. The molecule has 3 nitrogen and oxygen atoms in total. The first-order valence-electron chi connectivity index (χ1n) is 6.78. The van der Waals surface area contributed by atoms with Gasteiger partial charge >= 0.3 is 0 Å². The number of piperidine rings is 1. The number of rotatable bonds is 3. The Labute approximate surface area is 122 Å². The molecule has 1 atom stereocenters. The van der Waals surface area contributed by atoms with E-state index in [0.717, 1.165) is 48.0 Å². The molecular weight excluding hydrogens is 306 g/mol. The van der Waals surface area contributed by atoms with Crippen LogP contribution in [0.3, 0.4) is 0 Å². The predicted molar refractivity (Wildman–Crippen MR) is 79.2 cm³/mol. The van der Waals surface area contributed by atoms with E-state index < -0.39 is 0 Å². The zero-order valence-corrected chi connectivity index (χ0v) is 12.8. The number of hydrogen-bond acceptors (Lipinski definition) is 2. The molecule has 0 radical (unpaired) electrons. The third-order valence-electron chi connectivity index (χ3n) is 3.77. The monoisotopic (exact) mass is 325 g/mol. The summed E-state index contributed by atoms with van der Waals surface area (Å²) in [7, 11) is 0. The largest absolute Gasteiger partial charge is 0.396 e. The maximum atomic E-state index is 12.6. The first-order chi connectivity index (χ1) is 9.13. The van der Waals surface area contributed by atoms with Crippen LogP contribution in [0.5, 0.6) is 0 Å². The molecule has 0 aromatic heterocycles. The van der Waals surface area contributed by atoms with Crippen molar-refractivity contribution in [3.63, 3.8) is 0 Å². The molecule has 1 aromatic rings. The Morgan fingerprint density at radius 3 is 3.05 bits per heavy atom. The lowest BCUT2D eigenvalue weighted by atomic mass is 9.94. The van der Waals surface area contributed by atoms with Crippen molar-refractivity contribution in [3.05, 3.63) is 33.8 Å². The molecule has 1 heterocycles. The topological polar surface area (TPSA) is 40.5 Å². The minimum Gasteiger partial charge on any atom is -0.396 e. The molecule has 1 aromatic carbocycles. The molecule has 1 amide bonds. The number of benzene rings is 1. The van der Waals surface area contributed by atoms with Crippen molar-refractivity contribution in [2.45, 2.75) is 26.2 Å². The maximum absolute atomic E-state index is 12.6. The molecule has 0 aliphatic carbocycles. The molecule has 1 saturated heterocycles. The molecule has 19 heavy (non-hydrogen) atoms. The van der Waals surface area contributed by atoms with Crippen molar-refractivity contribution in [2.75, 3.05) is 19.7 Å². The second kappa shape index (κ2) is 6.53. The van der Waals surface area contributed by atoms with E-state index in [0.29, 0.717) is 5.92 Å². The summed E-state index contributed by atoms with van der Waals surface area (Å²) in [4.78, 5) is 14.5. The molecule has 104 valence electrons. The molecule has 0 spiro atoms. The standard InChI is InChI=1S/C15H20BrNO2/c1-11-4-2-6-13(14(11)16)15(19)17-8-3-5-12(10-17)7-9-18/h2,4,6,12,18H,3,5,7-10H2,1H3. The average Bonchev–Trinajstić information content (AvgIpc) is 2.42. The van der Waals surface area contributed by atoms with Gasteiger partial charge in [-0.05, 0) is 59.7 Å². The molecule has 0 saturated carbocycles. The molecule has 4 heteroatoms. The Balaban J connectivity index is 2.12. The number of carbonyl (C=O) groups excluding carboxylic acids is 1. The van der Waals surface area contributed by atoms with Gasteiger partial charge in [-0.3, -0.25) is 4.79 Å². The number of nitrogens with zero attached hydrogens (tertiary/aromatic N) is 1. The van der Waals surface area contributed by atoms with E-state index in [1.165, 1.54) is 0 Å². The Morgan fingerprint density at radius 2 is 2.32 bits per heavy atom. The maximum Gasteiger partial charge on any atom is 0.255 e. The lowest BCUT2D eigenvalue weighted by Gasteiger charge is -2.33. The van der Waals surface area contributed by atoms with Crippen LogP contribution < -0.4 is 0 Å². The predicted octanol–water partition coefficient (Wildman–Crippen LogP) is 2.99. The van der Waals surface area contributed by atoms with Crippen LogP contribution in [0.25, 0.3) is 0 Å². The molecule has 1 aliphatic heterocycles. The van der Waals surface area contributed by atoms with Crippen molar-refractivity contribution in [1.29, 1.82) is 0 Å². The Morgan fingerprint density at radius 1 is 1.53 bits per heavy atom. The zero-order chi connectivity index (χ0) is 13.8. The van der Waals surface area contributed by atoms with Crippen molar-refractivity contribution in [3.8, 4) is 0 Å². The molecule has 0 bridgehead atoms. The van der Waals surface area contributed by atoms with Crippen LogP contribution in [0.4, 0.5) is 0 Å². The summed E-state index contributed by atoms with van der Waals surface area (Å²) in [6.45, 7) is 3.79. The molecule has 1 aliphatic rings. The van der Waals surface area contributed by atoms with Crippen LogP contribution in [0.1, 0.15) is 35.2 Å². The van der Waals surface area contributed by atoms with Gasteiger partial charge in [0.05, 0.1) is 5.56 Å². The van der Waals surface area contributed by atoms with Crippen LogP contribution in [-0.4, -0.2) is 35.6 Å². The number of aliphatic hydroxyl groups is 1. The number of halogens is 1. The van der Waals surface area contributed by atoms with Gasteiger partial charge in [0.1, 0.15) is 0 Å². The van der Waals surface area contributed by atoms with E-state index in [-0.39, 0.29) is 12.5 Å². The van der Waals surface area contributed by atoms with Crippen molar-refractivity contribution in [1.82, 2.24) is 4.90 Å². The van der Waals surface area contributed by atoms with Crippen molar-refractivity contribution in [2.24, 2.45) is 5.92 Å². The number of aryl methyl sites for hydroxylation is 1. The van der Waals surface area contributed by atoms with Crippen LogP contribution >= 0.6 is 15.9 Å². The number of carbonyl (C=O) groups is 1. The minimum atomic E-state index is 0.0956. The van der Waals surface area contributed by atoms with Crippen LogP contribution in [0, 0.1) is 12.8 Å². The number of hydrogen-bond donors (Lipinski definition) is 1. The van der Waals surface area contributed by atoms with E-state index in [1.54, 1.807) is 0 Å². The second-order valence-electron chi connectivity index (χ2n) is 5.21. The average molecular weight is 326 g/mol. The van der Waals surface area contributed by atoms with Gasteiger partial charge in [-0.15, -0.1) is 0 Å². The van der Waals surface area contributed by atoms with Gasteiger partial charge in [0.25, 0.3) is 5.91 Å². The third-order valence-corrected chi connectivity index (χ3v) is 4.82. The van der Waals surface area contributed by atoms with Gasteiger partial charge in [-0.1, -0.05) is 12.1 Å². The Hall–Kier alpha value is -0.870. The highest BCUT2D eigenvalue weighted by molar-refractivity contribution is 9.10. The van der Waals surface area contributed by atoms with E-state index >= 15 is 0 Å². The Kier molecular flexibility index (Phi) is 4.99. The minimum absolute atomic E-state index is 0.0956. The smallest absolute Gasteiger partial charge is 0.255 e. The van der Waals surface area contributed by atoms with Crippen LogP contribution in [0.2, 0.25) is 0 Å². The summed E-state index contributed by atoms with van der Waals surface area (Å²) >= 11 is 3.51. The van der Waals surface area contributed by atoms with Crippen LogP contribution in [-0.2, 0) is 0 Å². The van der Waals surface area contributed by atoms with Crippen LogP contribution in [0.15, 0.2) is 22.7 Å². The van der Waals surface area contributed by atoms with Gasteiger partial charge in [0.15, 0.2) is 0 Å². The summed E-state index contributed by atoms with van der Waals surface area (Å²) in [6, 6.07) is 5.78. The van der Waals surface area contributed by atoms with Gasteiger partial charge < -0.3 is 10.0 Å². The number of aliphatic hydroxyl groups excluding tert-OH is 1. The van der Waals surface area contributed by atoms with Gasteiger partial charge in [0.2, 0.25) is 0 Å². The molecular formula is C15H20BrNO2. The lowest BCUT2D eigenvalue weighted by molar-refractivity contribution is 0.0652. The summed E-state index contributed by atoms with van der Waals surface area (Å²) in [6.07, 6.45) is 2.93. The van der Waals surface area contributed by atoms with Gasteiger partial charge in [-0.25, -0.2) is 0 Å². The summed E-state index contributed by atoms with van der Waals surface area (Å²) in [5.41, 5.74) is 1.82. The normalized spacial score (nSPS) is 19.5. The zero-order valence-electron chi connectivity index (χ0n) is 11.2. The van der Waals surface area contributed by atoms with E-state index in [2.05, 4.69) is 15.9 Å². The van der Waals surface area contributed by atoms with E-state index in [9.17, 15) is 4.79 Å². The number of amides is 1. The highest BCUT2D eigenvalue weighted by Gasteiger charge is 2.25. The lowest BCUT2D eigenvalue weighted by Crippen LogP contribution is -2.40. The third kappa shape index (κ3) is 3.37. The Bertz CT molecular complexity index is 459.